The van der Waals surface area contributed by atoms with Gasteiger partial charge in [-0.3, -0.25) is 19.3 Å². The van der Waals surface area contributed by atoms with Gasteiger partial charge in [-0.2, -0.15) is 0 Å². The zero-order valence-electron chi connectivity index (χ0n) is 21.6. The molecule has 198 valence electrons. The Morgan fingerprint density at radius 3 is 2.38 bits per heavy atom. The molecule has 0 saturated heterocycles. The summed E-state index contributed by atoms with van der Waals surface area (Å²) in [4.78, 5) is 45.7. The van der Waals surface area contributed by atoms with Crippen LogP contribution in [0, 0.1) is 11.3 Å². The van der Waals surface area contributed by atoms with Crippen molar-refractivity contribution in [1.82, 2.24) is 4.90 Å². The van der Waals surface area contributed by atoms with E-state index >= 15 is 0 Å². The fourth-order valence-electron chi connectivity index (χ4n) is 5.14. The summed E-state index contributed by atoms with van der Waals surface area (Å²) < 4.78 is 0. The van der Waals surface area contributed by atoms with Crippen LogP contribution in [0.1, 0.15) is 30.4 Å². The first-order valence-corrected chi connectivity index (χ1v) is 13.1. The van der Waals surface area contributed by atoms with Gasteiger partial charge in [0.15, 0.2) is 0 Å². The van der Waals surface area contributed by atoms with E-state index in [9.17, 15) is 14.4 Å². The lowest BCUT2D eigenvalue weighted by Crippen LogP contribution is -2.45. The number of nitrogens with two attached hydrogens (primary N) is 1. The summed E-state index contributed by atoms with van der Waals surface area (Å²) in [7, 11) is 0. The van der Waals surface area contributed by atoms with E-state index < -0.39 is 17.7 Å². The summed E-state index contributed by atoms with van der Waals surface area (Å²) in [6, 6.07) is 23.8. The Kier molecular flexibility index (Phi) is 7.54. The SMILES string of the molecule is N=C(CC1C(=O)N(CC(=O)N2CCCCc3ccccc32)C=CN(c2ccccc2)C1=O)c1ccccc1N. The van der Waals surface area contributed by atoms with Crippen LogP contribution in [0.3, 0.4) is 0 Å². The molecule has 8 heteroatoms. The Morgan fingerprint density at radius 2 is 1.59 bits per heavy atom. The highest BCUT2D eigenvalue weighted by atomic mass is 16.2. The summed E-state index contributed by atoms with van der Waals surface area (Å²) >= 11 is 0. The van der Waals surface area contributed by atoms with Crippen LogP contribution in [0.15, 0.2) is 91.3 Å². The number of fused-ring (bicyclic) bond motifs is 1. The van der Waals surface area contributed by atoms with Crippen molar-refractivity contribution >= 4 is 40.5 Å². The van der Waals surface area contributed by atoms with Gasteiger partial charge in [0.2, 0.25) is 17.7 Å². The van der Waals surface area contributed by atoms with Gasteiger partial charge in [0.05, 0.1) is 0 Å². The smallest absolute Gasteiger partial charge is 0.247 e. The van der Waals surface area contributed by atoms with Gasteiger partial charge in [0.25, 0.3) is 0 Å². The number of rotatable bonds is 6. The van der Waals surface area contributed by atoms with E-state index in [4.69, 9.17) is 11.1 Å². The van der Waals surface area contributed by atoms with Gasteiger partial charge in [-0.05, 0) is 49.1 Å². The fourth-order valence-corrected chi connectivity index (χ4v) is 5.14. The molecule has 3 aromatic rings. The number of anilines is 3. The van der Waals surface area contributed by atoms with Crippen LogP contribution >= 0.6 is 0 Å². The van der Waals surface area contributed by atoms with Gasteiger partial charge in [-0.25, -0.2) is 0 Å². The molecule has 0 radical (unpaired) electrons. The maximum Gasteiger partial charge on any atom is 0.247 e. The average Bonchev–Trinajstić information content (AvgIpc) is 3.23. The minimum Gasteiger partial charge on any atom is -0.398 e. The third kappa shape index (κ3) is 5.45. The first-order chi connectivity index (χ1) is 18.9. The van der Waals surface area contributed by atoms with Crippen LogP contribution < -0.4 is 15.5 Å². The molecule has 0 saturated carbocycles. The molecule has 1 atom stereocenters. The standard InChI is InChI=1S/C31H31N5O3/c32-26-15-6-5-14-24(26)27(33)20-25-30(38)34(18-19-35(31(25)39)23-12-2-1-3-13-23)21-29(37)36-17-9-8-11-22-10-4-7-16-28(22)36/h1-7,10,12-16,18-19,25,33H,8-9,11,17,20-21,32H2. The number of carbonyl (C=O) groups is 3. The Morgan fingerprint density at radius 1 is 0.872 bits per heavy atom. The third-order valence-corrected chi connectivity index (χ3v) is 7.21. The molecule has 2 aliphatic rings. The lowest BCUT2D eigenvalue weighted by Gasteiger charge is -2.27. The van der Waals surface area contributed by atoms with Gasteiger partial charge in [-0.1, -0.05) is 54.6 Å². The molecule has 5 rings (SSSR count). The predicted octanol–water partition coefficient (Wildman–Crippen LogP) is 4.36. The van der Waals surface area contributed by atoms with Gasteiger partial charge >= 0.3 is 0 Å². The lowest BCUT2D eigenvalue weighted by atomic mass is 9.94. The van der Waals surface area contributed by atoms with E-state index in [1.54, 1.807) is 41.3 Å². The molecule has 0 bridgehead atoms. The molecule has 3 amide bonds. The molecular formula is C31H31N5O3. The Hall–Kier alpha value is -4.72. The first kappa shape index (κ1) is 25.9. The molecule has 0 spiro atoms. The Bertz CT molecular complexity index is 1430. The molecule has 39 heavy (non-hydrogen) atoms. The minimum atomic E-state index is -1.20. The Balaban J connectivity index is 1.45. The van der Waals surface area contributed by atoms with Crippen LogP contribution in [0.4, 0.5) is 17.1 Å². The highest BCUT2D eigenvalue weighted by Gasteiger charge is 2.38. The summed E-state index contributed by atoms with van der Waals surface area (Å²) in [6.07, 6.45) is 5.62. The monoisotopic (exact) mass is 521 g/mol. The van der Waals surface area contributed by atoms with Crippen LogP contribution in [-0.4, -0.2) is 41.4 Å². The van der Waals surface area contributed by atoms with Gasteiger partial charge in [-0.15, -0.1) is 0 Å². The van der Waals surface area contributed by atoms with E-state index in [2.05, 4.69) is 0 Å². The molecule has 1 unspecified atom stereocenters. The van der Waals surface area contributed by atoms with Crippen molar-refractivity contribution in [2.45, 2.75) is 25.7 Å². The zero-order chi connectivity index (χ0) is 27.4. The van der Waals surface area contributed by atoms with E-state index in [-0.39, 0.29) is 24.6 Å². The molecule has 8 nitrogen and oxygen atoms in total. The van der Waals surface area contributed by atoms with Crippen molar-refractivity contribution in [2.75, 3.05) is 28.6 Å². The number of aryl methyl sites for hydroxylation is 1. The van der Waals surface area contributed by atoms with Crippen molar-refractivity contribution in [2.24, 2.45) is 5.92 Å². The number of hydrogen-bond acceptors (Lipinski definition) is 5. The topological polar surface area (TPSA) is 111 Å². The number of carbonyl (C=O) groups excluding carboxylic acids is 3. The number of nitrogen functional groups attached to an aromatic ring is 1. The summed E-state index contributed by atoms with van der Waals surface area (Å²) in [5.41, 5.74) is 9.62. The van der Waals surface area contributed by atoms with Crippen LogP contribution in [-0.2, 0) is 20.8 Å². The van der Waals surface area contributed by atoms with Crippen molar-refractivity contribution in [3.05, 3.63) is 102 Å². The minimum absolute atomic E-state index is 0.0856. The van der Waals surface area contributed by atoms with Crippen LogP contribution in [0.5, 0.6) is 0 Å². The molecule has 0 aromatic heterocycles. The maximum absolute atomic E-state index is 13.8. The second-order valence-electron chi connectivity index (χ2n) is 9.76. The quantitative estimate of drug-likeness (QED) is 0.285. The van der Waals surface area contributed by atoms with E-state index in [1.165, 1.54) is 22.2 Å². The largest absolute Gasteiger partial charge is 0.398 e. The van der Waals surface area contributed by atoms with Crippen molar-refractivity contribution in [3.63, 3.8) is 0 Å². The average molecular weight is 522 g/mol. The maximum atomic E-state index is 13.8. The van der Waals surface area contributed by atoms with Gasteiger partial charge < -0.3 is 20.9 Å². The first-order valence-electron chi connectivity index (χ1n) is 13.1. The zero-order valence-corrected chi connectivity index (χ0v) is 21.6. The molecule has 0 fully saturated rings. The predicted molar refractivity (Wildman–Crippen MR) is 152 cm³/mol. The van der Waals surface area contributed by atoms with Crippen molar-refractivity contribution < 1.29 is 14.4 Å². The lowest BCUT2D eigenvalue weighted by molar-refractivity contribution is -0.140. The summed E-state index contributed by atoms with van der Waals surface area (Å²) in [5.74, 6) is -2.40. The second-order valence-corrected chi connectivity index (χ2v) is 9.76. The molecule has 2 aliphatic heterocycles. The number of nitrogens with one attached hydrogen (secondary N) is 1. The molecule has 3 aromatic carbocycles. The summed E-state index contributed by atoms with van der Waals surface area (Å²) in [5, 5.41) is 8.68. The van der Waals surface area contributed by atoms with E-state index in [0.29, 0.717) is 23.5 Å². The van der Waals surface area contributed by atoms with Crippen LogP contribution in [0.25, 0.3) is 0 Å². The number of amides is 3. The van der Waals surface area contributed by atoms with Crippen LogP contribution in [0.2, 0.25) is 0 Å². The third-order valence-electron chi connectivity index (χ3n) is 7.21. The summed E-state index contributed by atoms with van der Waals surface area (Å²) in [6.45, 7) is 0.356. The molecule has 0 aliphatic carbocycles. The van der Waals surface area contributed by atoms with E-state index in [0.717, 1.165) is 30.5 Å². The van der Waals surface area contributed by atoms with Gasteiger partial charge in [0, 0.05) is 53.7 Å². The number of nitrogens with zero attached hydrogens (tertiary/aromatic N) is 3. The van der Waals surface area contributed by atoms with Crippen molar-refractivity contribution in [3.8, 4) is 0 Å². The number of para-hydroxylation sites is 3. The molecule has 2 heterocycles. The number of benzene rings is 3. The van der Waals surface area contributed by atoms with Crippen molar-refractivity contribution in [1.29, 1.82) is 5.41 Å². The highest BCUT2D eigenvalue weighted by molar-refractivity contribution is 6.15. The highest BCUT2D eigenvalue weighted by Crippen LogP contribution is 2.28. The normalized spacial score (nSPS) is 17.4. The second kappa shape index (κ2) is 11.3. The fraction of sp³-hybridized carbons (Fsp3) is 0.226. The molecule has 3 N–H and O–H groups in total. The number of hydrogen-bond donors (Lipinski definition) is 2. The van der Waals surface area contributed by atoms with E-state index in [1.807, 2.05) is 42.5 Å². The van der Waals surface area contributed by atoms with Gasteiger partial charge in [0.1, 0.15) is 12.5 Å². The molecular weight excluding hydrogens is 490 g/mol. The Labute approximate surface area is 227 Å².